The smallest absolute Gasteiger partial charge is 0.240 e. The Hall–Kier alpha value is -2.70. The summed E-state index contributed by atoms with van der Waals surface area (Å²) in [5, 5.41) is 2.02. The highest BCUT2D eigenvalue weighted by atomic mass is 16.2. The van der Waals surface area contributed by atoms with Crippen molar-refractivity contribution in [1.29, 1.82) is 0 Å². The molecule has 3 heterocycles. The predicted octanol–water partition coefficient (Wildman–Crippen LogP) is 2.75. The molecule has 1 saturated heterocycles. The van der Waals surface area contributed by atoms with E-state index in [-0.39, 0.29) is 5.91 Å². The van der Waals surface area contributed by atoms with Crippen LogP contribution in [0.25, 0.3) is 16.9 Å². The molecule has 0 spiro atoms. The van der Waals surface area contributed by atoms with E-state index in [1.807, 2.05) is 15.6 Å². The van der Waals surface area contributed by atoms with Crippen LogP contribution < -0.4 is 5.43 Å². The molecule has 1 aliphatic rings. The lowest BCUT2D eigenvalue weighted by molar-refractivity contribution is -0.126. The van der Waals surface area contributed by atoms with Gasteiger partial charge in [-0.1, -0.05) is 12.1 Å². The number of nitrogens with zero attached hydrogens (tertiary/aromatic N) is 4. The summed E-state index contributed by atoms with van der Waals surface area (Å²) in [6.45, 7) is 9.89. The van der Waals surface area contributed by atoms with Crippen LogP contribution in [0.1, 0.15) is 22.4 Å². The summed E-state index contributed by atoms with van der Waals surface area (Å²) in [6, 6.07) is 10.5. The third-order valence-corrected chi connectivity index (χ3v) is 5.78. The normalized spacial score (nSPS) is 15.7. The summed E-state index contributed by atoms with van der Waals surface area (Å²) in [5.74, 6) is 0.00186. The van der Waals surface area contributed by atoms with E-state index in [4.69, 9.17) is 4.98 Å². The fourth-order valence-electron chi connectivity index (χ4n) is 3.77. The number of aryl methyl sites for hydroxylation is 3. The highest BCUT2D eigenvalue weighted by Crippen LogP contribution is 2.27. The molecule has 1 N–H and O–H groups in total. The van der Waals surface area contributed by atoms with Gasteiger partial charge in [0.05, 0.1) is 17.8 Å². The molecule has 0 aliphatic carbocycles. The second-order valence-electron chi connectivity index (χ2n) is 8.14. The largest absolute Gasteiger partial charge is 0.304 e. The molecule has 1 aromatic carbocycles. The number of carbonyl (C=O) groups is 1. The highest BCUT2D eigenvalue weighted by Gasteiger charge is 2.20. The van der Waals surface area contributed by atoms with Gasteiger partial charge in [0.2, 0.25) is 5.91 Å². The van der Waals surface area contributed by atoms with Gasteiger partial charge in [-0.3, -0.25) is 10.2 Å². The van der Waals surface area contributed by atoms with Gasteiger partial charge in [0.1, 0.15) is 5.65 Å². The van der Waals surface area contributed by atoms with Gasteiger partial charge in [0.25, 0.3) is 0 Å². The lowest BCUT2D eigenvalue weighted by Crippen LogP contribution is -2.52. The number of hydrogen-bond donors (Lipinski definition) is 1. The number of nitrogens with one attached hydrogen (secondary N) is 1. The second kappa shape index (κ2) is 7.97. The summed E-state index contributed by atoms with van der Waals surface area (Å²) in [5.41, 5.74) is 10.4. The monoisotopic (exact) mass is 391 g/mol. The van der Waals surface area contributed by atoms with Crippen LogP contribution in [0, 0.1) is 20.8 Å². The van der Waals surface area contributed by atoms with Gasteiger partial charge in [-0.05, 0) is 62.7 Å². The van der Waals surface area contributed by atoms with E-state index >= 15 is 0 Å². The zero-order valence-corrected chi connectivity index (χ0v) is 17.7. The number of piperazine rings is 1. The van der Waals surface area contributed by atoms with Gasteiger partial charge in [0, 0.05) is 37.9 Å². The van der Waals surface area contributed by atoms with Gasteiger partial charge in [-0.2, -0.15) is 0 Å². The van der Waals surface area contributed by atoms with Crippen LogP contribution >= 0.6 is 0 Å². The number of fused-ring (bicyclic) bond motifs is 1. The Morgan fingerprint density at radius 3 is 2.52 bits per heavy atom. The number of carbonyl (C=O) groups excluding carboxylic acids is 1. The van der Waals surface area contributed by atoms with Crippen LogP contribution in [0.4, 0.5) is 0 Å². The average Bonchev–Trinajstić information content (AvgIpc) is 3.03. The number of imidazole rings is 1. The number of hydrogen-bond acceptors (Lipinski definition) is 4. The SMILES string of the molecule is Cc1ccn2c(CC(=O)NN3CCN(C)CC3)c(-c3ccc(C)c(C)c3)nc2c1. The molecular weight excluding hydrogens is 362 g/mol. The standard InChI is InChI=1S/C23H29N5O/c1-16-7-8-28-20(15-22(29)25-27-11-9-26(4)10-12-27)23(24-21(28)13-16)19-6-5-17(2)18(3)14-19/h5-8,13-14H,9-12,15H2,1-4H3,(H,25,29). The van der Waals surface area contributed by atoms with Crippen LogP contribution in [-0.4, -0.2) is 58.4 Å². The number of pyridine rings is 1. The van der Waals surface area contributed by atoms with E-state index in [0.717, 1.165) is 54.3 Å². The van der Waals surface area contributed by atoms with Gasteiger partial charge < -0.3 is 9.30 Å². The zero-order valence-electron chi connectivity index (χ0n) is 17.7. The Balaban J connectivity index is 1.66. The second-order valence-corrected chi connectivity index (χ2v) is 8.14. The van der Waals surface area contributed by atoms with Crippen molar-refractivity contribution in [1.82, 2.24) is 24.7 Å². The number of amides is 1. The minimum absolute atomic E-state index is 0.00186. The molecule has 1 fully saturated rings. The van der Waals surface area contributed by atoms with Crippen molar-refractivity contribution in [2.24, 2.45) is 0 Å². The summed E-state index contributed by atoms with van der Waals surface area (Å²) < 4.78 is 2.04. The first-order chi connectivity index (χ1) is 13.9. The van der Waals surface area contributed by atoms with Gasteiger partial charge >= 0.3 is 0 Å². The molecule has 2 aromatic heterocycles. The van der Waals surface area contributed by atoms with Crippen LogP contribution in [0.5, 0.6) is 0 Å². The van der Waals surface area contributed by atoms with E-state index < -0.39 is 0 Å². The molecule has 0 bridgehead atoms. The maximum Gasteiger partial charge on any atom is 0.240 e. The minimum Gasteiger partial charge on any atom is -0.304 e. The third kappa shape index (κ3) is 4.18. The molecule has 6 nitrogen and oxygen atoms in total. The van der Waals surface area contributed by atoms with Crippen molar-refractivity contribution in [2.45, 2.75) is 27.2 Å². The Morgan fingerprint density at radius 1 is 1.03 bits per heavy atom. The molecule has 0 radical (unpaired) electrons. The Morgan fingerprint density at radius 2 is 1.79 bits per heavy atom. The maximum atomic E-state index is 12.9. The minimum atomic E-state index is 0.00186. The number of likely N-dealkylation sites (N-methyl/N-ethyl adjacent to an activating group) is 1. The van der Waals surface area contributed by atoms with Crippen LogP contribution in [0.15, 0.2) is 36.5 Å². The Labute approximate surface area is 172 Å². The van der Waals surface area contributed by atoms with Gasteiger partial charge in [-0.25, -0.2) is 9.99 Å². The fraction of sp³-hybridized carbons (Fsp3) is 0.391. The number of rotatable bonds is 4. The number of hydrazine groups is 1. The van der Waals surface area contributed by atoms with Crippen molar-refractivity contribution in [3.8, 4) is 11.3 Å². The van der Waals surface area contributed by atoms with Crippen LogP contribution in [0.2, 0.25) is 0 Å². The average molecular weight is 392 g/mol. The fourth-order valence-corrected chi connectivity index (χ4v) is 3.77. The van der Waals surface area contributed by atoms with Crippen LogP contribution in [-0.2, 0) is 11.2 Å². The molecular formula is C23H29N5O. The van der Waals surface area contributed by atoms with E-state index in [2.05, 4.69) is 68.5 Å². The van der Waals surface area contributed by atoms with Crippen molar-refractivity contribution in [3.05, 3.63) is 58.9 Å². The van der Waals surface area contributed by atoms with Crippen LogP contribution in [0.3, 0.4) is 0 Å². The van der Waals surface area contributed by atoms with E-state index in [1.165, 1.54) is 11.1 Å². The molecule has 0 atom stereocenters. The summed E-state index contributed by atoms with van der Waals surface area (Å²) in [6.07, 6.45) is 2.31. The Kier molecular flexibility index (Phi) is 5.39. The van der Waals surface area contributed by atoms with Gasteiger partial charge in [-0.15, -0.1) is 0 Å². The molecule has 0 saturated carbocycles. The summed E-state index contributed by atoms with van der Waals surface area (Å²) in [7, 11) is 2.11. The molecule has 1 aliphatic heterocycles. The summed E-state index contributed by atoms with van der Waals surface area (Å²) >= 11 is 0. The van der Waals surface area contributed by atoms with Crippen molar-refractivity contribution in [2.75, 3.05) is 33.2 Å². The molecule has 0 unspecified atom stereocenters. The first kappa shape index (κ1) is 19.6. The first-order valence-electron chi connectivity index (χ1n) is 10.2. The van der Waals surface area contributed by atoms with Gasteiger partial charge in [0.15, 0.2) is 0 Å². The molecule has 6 heteroatoms. The van der Waals surface area contributed by atoms with Crippen molar-refractivity contribution in [3.63, 3.8) is 0 Å². The lowest BCUT2D eigenvalue weighted by atomic mass is 10.0. The highest BCUT2D eigenvalue weighted by molar-refractivity contribution is 5.81. The van der Waals surface area contributed by atoms with Crippen molar-refractivity contribution < 1.29 is 4.79 Å². The molecule has 29 heavy (non-hydrogen) atoms. The van der Waals surface area contributed by atoms with E-state index in [1.54, 1.807) is 0 Å². The first-order valence-corrected chi connectivity index (χ1v) is 10.2. The number of aromatic nitrogens is 2. The predicted molar refractivity (Wildman–Crippen MR) is 116 cm³/mol. The topological polar surface area (TPSA) is 52.9 Å². The van der Waals surface area contributed by atoms with E-state index in [9.17, 15) is 4.79 Å². The molecule has 3 aromatic rings. The molecule has 1 amide bonds. The maximum absolute atomic E-state index is 12.9. The van der Waals surface area contributed by atoms with E-state index in [0.29, 0.717) is 6.42 Å². The Bertz CT molecular complexity index is 1050. The zero-order chi connectivity index (χ0) is 20.5. The third-order valence-electron chi connectivity index (χ3n) is 5.78. The van der Waals surface area contributed by atoms with Crippen molar-refractivity contribution >= 4 is 11.6 Å². The molecule has 4 rings (SSSR count). The molecule has 152 valence electrons. The lowest BCUT2D eigenvalue weighted by Gasteiger charge is -2.32. The quantitative estimate of drug-likeness (QED) is 0.743. The summed E-state index contributed by atoms with van der Waals surface area (Å²) in [4.78, 5) is 20.0. The number of benzene rings is 1.